The van der Waals surface area contributed by atoms with Crippen molar-refractivity contribution in [1.82, 2.24) is 14.3 Å². The van der Waals surface area contributed by atoms with Gasteiger partial charge in [0, 0.05) is 43.7 Å². The maximum Gasteiger partial charge on any atom is 0.0862 e. The fraction of sp³-hybridized carbons (Fsp3) is 0.119. The van der Waals surface area contributed by atoms with Gasteiger partial charge in [0.05, 0.1) is 39.8 Å². The van der Waals surface area contributed by atoms with Gasteiger partial charge < -0.3 is 8.97 Å². The summed E-state index contributed by atoms with van der Waals surface area (Å²) >= 11 is 0. The fourth-order valence-electron chi connectivity index (χ4n) is 13.0. The van der Waals surface area contributed by atoms with Crippen molar-refractivity contribution in [1.29, 1.82) is 0 Å². The number of allylic oxidation sites excluding steroid dienone is 1. The molecule has 1 aliphatic carbocycles. The molecule has 1 N–H and O–H groups in total. The smallest absolute Gasteiger partial charge is 0.0862 e. The van der Waals surface area contributed by atoms with Crippen LogP contribution < -0.4 is 5.32 Å². The molecule has 62 heavy (non-hydrogen) atoms. The highest BCUT2D eigenvalue weighted by atomic mass is 15.2. The predicted octanol–water partition coefficient (Wildman–Crippen LogP) is 15.0. The van der Waals surface area contributed by atoms with Crippen LogP contribution in [0.15, 0.2) is 181 Å². The average Bonchev–Trinajstić information content (AvgIpc) is 3.98. The Morgan fingerprint density at radius 3 is 2.03 bits per heavy atom. The molecule has 0 saturated carbocycles. The third-order valence-electron chi connectivity index (χ3n) is 15.5. The van der Waals surface area contributed by atoms with E-state index in [0.29, 0.717) is 0 Å². The lowest BCUT2D eigenvalue weighted by molar-refractivity contribution is 0.357. The van der Waals surface area contributed by atoms with Crippen molar-refractivity contribution in [2.75, 3.05) is 0 Å². The number of fused-ring (bicyclic) bond motifs is 15. The maximum absolute atomic E-state index is 4.56. The summed E-state index contributed by atoms with van der Waals surface area (Å²) in [4.78, 5) is 0. The van der Waals surface area contributed by atoms with Gasteiger partial charge in [0.2, 0.25) is 0 Å². The first kappa shape index (κ1) is 33.5. The van der Waals surface area contributed by atoms with Crippen LogP contribution in [0.5, 0.6) is 0 Å². The van der Waals surface area contributed by atoms with Crippen LogP contribution in [0.1, 0.15) is 60.6 Å². The van der Waals surface area contributed by atoms with Crippen molar-refractivity contribution >= 4 is 87.0 Å². The Bertz CT molecular complexity index is 3950. The van der Waals surface area contributed by atoms with Gasteiger partial charge in [0.15, 0.2) is 0 Å². The standard InChI is InChI=1S/C59H41N3/c1-59(2)47-24-10-8-19-41(47)51-46-32-50(60-55(54(51)59)35-28-26-34(27-29-35)33-14-4-3-5-15-33)61-48-25-11-9-20-42(48)52-38-17-6-7-18-39(38)53-43-23-13-22-40-45-30-36-16-12-21-37(46)44(36)31-49(45)62(56(40)43)58(53)57(52)61/h3-31,46,50,55,60H,32H2,1-2H3. The number of para-hydroxylation sites is 2. The van der Waals surface area contributed by atoms with Crippen LogP contribution in [-0.2, 0) is 5.41 Å². The van der Waals surface area contributed by atoms with Crippen molar-refractivity contribution in [3.05, 3.63) is 204 Å². The van der Waals surface area contributed by atoms with Gasteiger partial charge in [-0.15, -0.1) is 0 Å². The minimum atomic E-state index is -0.219. The van der Waals surface area contributed by atoms with Gasteiger partial charge in [-0.25, -0.2) is 0 Å². The number of nitrogens with one attached hydrogen (secondary N) is 1. The van der Waals surface area contributed by atoms with Gasteiger partial charge in [-0.1, -0.05) is 172 Å². The molecule has 292 valence electrons. The maximum atomic E-state index is 4.56. The SMILES string of the molecule is CC1(C)C2=C(c3ccccc31)C1CC(NC2c2ccc(-c3ccccc3)cc2)n2c3ccccc3c3c4ccccc4c4c5cccc6c7cc8cccc1c8cc7n(c65)c4c32. The molecule has 3 aliphatic rings. The molecule has 3 unspecified atom stereocenters. The molecule has 15 rings (SSSR count). The number of hydrogen-bond donors (Lipinski definition) is 1. The summed E-state index contributed by atoms with van der Waals surface area (Å²) in [6.45, 7) is 4.95. The molecule has 5 heterocycles. The van der Waals surface area contributed by atoms with E-state index in [1.807, 2.05) is 0 Å². The zero-order valence-electron chi connectivity index (χ0n) is 34.6. The van der Waals surface area contributed by atoms with Crippen LogP contribution in [-0.4, -0.2) is 8.97 Å². The third kappa shape index (κ3) is 4.02. The Labute approximate surface area is 358 Å². The van der Waals surface area contributed by atoms with Gasteiger partial charge >= 0.3 is 0 Å². The van der Waals surface area contributed by atoms with Crippen molar-refractivity contribution in [2.45, 2.75) is 43.8 Å². The largest absolute Gasteiger partial charge is 0.322 e. The molecule has 0 radical (unpaired) electrons. The van der Waals surface area contributed by atoms with Gasteiger partial charge in [-0.05, 0) is 90.7 Å². The zero-order chi connectivity index (χ0) is 40.6. The molecule has 12 aromatic rings. The van der Waals surface area contributed by atoms with E-state index >= 15 is 0 Å². The minimum absolute atomic E-state index is 0.0485. The summed E-state index contributed by atoms with van der Waals surface area (Å²) in [6.07, 6.45) is 0.836. The lowest BCUT2D eigenvalue weighted by Gasteiger charge is -2.34. The van der Waals surface area contributed by atoms with Gasteiger partial charge in [-0.3, -0.25) is 5.32 Å². The van der Waals surface area contributed by atoms with E-state index in [2.05, 4.69) is 204 Å². The molecule has 3 heteroatoms. The zero-order valence-corrected chi connectivity index (χ0v) is 34.6. The molecule has 2 aliphatic heterocycles. The number of nitrogens with zero attached hydrogens (tertiary/aromatic N) is 2. The number of aromatic nitrogens is 2. The Hall–Kier alpha value is -7.20. The normalized spacial score (nSPS) is 19.2. The summed E-state index contributed by atoms with van der Waals surface area (Å²) in [6, 6.07) is 67.1. The summed E-state index contributed by atoms with van der Waals surface area (Å²) in [5.41, 5.74) is 17.3. The second-order valence-corrected chi connectivity index (χ2v) is 18.7. The molecule has 3 nitrogen and oxygen atoms in total. The van der Waals surface area contributed by atoms with E-state index in [0.717, 1.165) is 6.42 Å². The lowest BCUT2D eigenvalue weighted by Crippen LogP contribution is -2.34. The molecule has 4 bridgehead atoms. The molecule has 0 spiro atoms. The molecule has 0 fully saturated rings. The Morgan fingerprint density at radius 1 is 0.516 bits per heavy atom. The summed E-state index contributed by atoms with van der Waals surface area (Å²) in [5.74, 6) is 0.120. The van der Waals surface area contributed by atoms with Crippen LogP contribution in [0, 0.1) is 0 Å². The first-order valence-electron chi connectivity index (χ1n) is 22.3. The van der Waals surface area contributed by atoms with E-state index in [1.54, 1.807) is 0 Å². The van der Waals surface area contributed by atoms with E-state index in [9.17, 15) is 0 Å². The van der Waals surface area contributed by atoms with Crippen LogP contribution >= 0.6 is 0 Å². The molecule has 0 saturated heterocycles. The average molecular weight is 792 g/mol. The minimum Gasteiger partial charge on any atom is -0.322 e. The second-order valence-electron chi connectivity index (χ2n) is 18.7. The second kappa shape index (κ2) is 11.6. The first-order chi connectivity index (χ1) is 30.5. The van der Waals surface area contributed by atoms with Crippen LogP contribution in [0.4, 0.5) is 0 Å². The van der Waals surface area contributed by atoms with Crippen LogP contribution in [0.3, 0.4) is 0 Å². The quantitative estimate of drug-likeness (QED) is 0.185. The molecular formula is C59H41N3. The number of rotatable bonds is 2. The molecule has 0 amide bonds. The van der Waals surface area contributed by atoms with E-state index in [1.165, 1.54) is 126 Å². The highest BCUT2D eigenvalue weighted by Crippen LogP contribution is 2.60. The summed E-state index contributed by atoms with van der Waals surface area (Å²) in [5, 5.41) is 17.8. The fourth-order valence-corrected chi connectivity index (χ4v) is 13.0. The highest BCUT2D eigenvalue weighted by molar-refractivity contribution is 6.38. The third-order valence-corrected chi connectivity index (χ3v) is 15.5. The first-order valence-corrected chi connectivity index (χ1v) is 22.3. The summed E-state index contributed by atoms with van der Waals surface area (Å²) < 4.78 is 5.42. The number of benzene rings is 9. The van der Waals surface area contributed by atoms with Gasteiger partial charge in [0.25, 0.3) is 0 Å². The molecule has 9 aromatic carbocycles. The van der Waals surface area contributed by atoms with Gasteiger partial charge in [0.1, 0.15) is 0 Å². The topological polar surface area (TPSA) is 21.4 Å². The van der Waals surface area contributed by atoms with Crippen molar-refractivity contribution in [3.8, 4) is 11.1 Å². The highest BCUT2D eigenvalue weighted by Gasteiger charge is 2.47. The van der Waals surface area contributed by atoms with E-state index in [-0.39, 0.29) is 23.5 Å². The molecule has 3 aromatic heterocycles. The van der Waals surface area contributed by atoms with Crippen LogP contribution in [0.25, 0.3) is 98.1 Å². The van der Waals surface area contributed by atoms with Crippen molar-refractivity contribution in [3.63, 3.8) is 0 Å². The lowest BCUT2D eigenvalue weighted by atomic mass is 9.75. The Morgan fingerprint density at radius 2 is 1.19 bits per heavy atom. The predicted molar refractivity (Wildman–Crippen MR) is 260 cm³/mol. The molecular weight excluding hydrogens is 751 g/mol. The summed E-state index contributed by atoms with van der Waals surface area (Å²) in [7, 11) is 0. The van der Waals surface area contributed by atoms with Crippen molar-refractivity contribution < 1.29 is 0 Å². The van der Waals surface area contributed by atoms with E-state index in [4.69, 9.17) is 0 Å². The number of hydrogen-bond acceptors (Lipinski definition) is 1. The molecule has 3 atom stereocenters. The Balaban J connectivity index is 1.15. The van der Waals surface area contributed by atoms with Crippen LogP contribution in [0.2, 0.25) is 0 Å². The van der Waals surface area contributed by atoms with Gasteiger partial charge in [-0.2, -0.15) is 0 Å². The van der Waals surface area contributed by atoms with E-state index < -0.39 is 0 Å². The van der Waals surface area contributed by atoms with Crippen molar-refractivity contribution in [2.24, 2.45) is 0 Å². The monoisotopic (exact) mass is 791 g/mol. The Kier molecular flexibility index (Phi) is 6.26.